The molecule has 8 nitrogen and oxygen atoms in total. The average Bonchev–Trinajstić information content (AvgIpc) is 2.81. The zero-order valence-corrected chi connectivity index (χ0v) is 12.8. The molecule has 1 fully saturated rings. The van der Waals surface area contributed by atoms with Crippen molar-refractivity contribution in [3.8, 4) is 5.75 Å². The lowest BCUT2D eigenvalue weighted by molar-refractivity contribution is -0.137. The first-order chi connectivity index (χ1) is 10.9. The zero-order chi connectivity index (χ0) is 16.8. The third-order valence-corrected chi connectivity index (χ3v) is 3.97. The van der Waals surface area contributed by atoms with E-state index in [-0.39, 0.29) is 37.0 Å². The molecule has 0 spiro atoms. The Hall–Kier alpha value is -2.55. The van der Waals surface area contributed by atoms with Gasteiger partial charge in [-0.25, -0.2) is 4.99 Å². The predicted octanol–water partition coefficient (Wildman–Crippen LogP) is 0.592. The highest BCUT2D eigenvalue weighted by molar-refractivity contribution is 8.15. The summed E-state index contributed by atoms with van der Waals surface area (Å²) in [6, 6.07) is 6.16. The van der Waals surface area contributed by atoms with E-state index in [0.717, 1.165) is 11.8 Å². The number of carboxylic acid groups (broad SMARTS) is 1. The van der Waals surface area contributed by atoms with E-state index >= 15 is 0 Å². The Balaban J connectivity index is 1.88. The van der Waals surface area contributed by atoms with Crippen LogP contribution in [-0.4, -0.2) is 45.0 Å². The maximum atomic E-state index is 11.8. The summed E-state index contributed by atoms with van der Waals surface area (Å²) in [5, 5.41) is 22.5. The maximum Gasteiger partial charge on any atom is 0.305 e. The molecular formula is C14H15N3O5S. The fourth-order valence-corrected chi connectivity index (χ4v) is 2.77. The number of rotatable bonds is 6. The Labute approximate surface area is 136 Å². The minimum absolute atomic E-state index is 0.0294. The number of phenols is 1. The normalized spacial score (nSPS) is 18.7. The van der Waals surface area contributed by atoms with Gasteiger partial charge in [0, 0.05) is 13.0 Å². The molecular weight excluding hydrogens is 322 g/mol. The minimum Gasteiger partial charge on any atom is -0.508 e. The van der Waals surface area contributed by atoms with Gasteiger partial charge in [-0.1, -0.05) is 11.8 Å². The maximum absolute atomic E-state index is 11.8. The van der Waals surface area contributed by atoms with Gasteiger partial charge in [0.1, 0.15) is 11.0 Å². The molecule has 9 heteroatoms. The van der Waals surface area contributed by atoms with E-state index in [1.54, 1.807) is 12.1 Å². The number of amidine groups is 1. The molecule has 1 heterocycles. The van der Waals surface area contributed by atoms with Crippen molar-refractivity contribution >= 4 is 40.4 Å². The Morgan fingerprint density at radius 1 is 1.30 bits per heavy atom. The standard InChI is InChI=1S/C14H15N3O5S/c18-9-3-1-8(2-4-9)16-14-17-13(22)10(23-14)7-11(19)15-6-5-12(20)21/h1-4,10,18H,5-7H2,(H,15,19)(H,20,21)(H,16,17,22)/t10-/m1/s1. The molecule has 1 aliphatic rings. The van der Waals surface area contributed by atoms with Crippen molar-refractivity contribution in [2.24, 2.45) is 4.99 Å². The van der Waals surface area contributed by atoms with Crippen LogP contribution in [0.1, 0.15) is 12.8 Å². The minimum atomic E-state index is -0.999. The summed E-state index contributed by atoms with van der Waals surface area (Å²) in [4.78, 5) is 38.1. The number of aliphatic imine (C=N–C) groups is 1. The van der Waals surface area contributed by atoms with Crippen LogP contribution in [0, 0.1) is 0 Å². The number of thioether (sulfide) groups is 1. The molecule has 0 unspecified atom stereocenters. The molecule has 1 aliphatic heterocycles. The van der Waals surface area contributed by atoms with Crippen LogP contribution in [0.3, 0.4) is 0 Å². The van der Waals surface area contributed by atoms with Crippen molar-refractivity contribution < 1.29 is 24.6 Å². The van der Waals surface area contributed by atoms with Crippen LogP contribution >= 0.6 is 11.8 Å². The number of carboxylic acids is 1. The van der Waals surface area contributed by atoms with Crippen LogP contribution < -0.4 is 10.6 Å². The lowest BCUT2D eigenvalue weighted by Crippen LogP contribution is -2.32. The highest BCUT2D eigenvalue weighted by Gasteiger charge is 2.32. The quantitative estimate of drug-likeness (QED) is 0.601. The second kappa shape index (κ2) is 7.63. The van der Waals surface area contributed by atoms with Gasteiger partial charge in [0.15, 0.2) is 5.17 Å². The van der Waals surface area contributed by atoms with Crippen LogP contribution in [0.2, 0.25) is 0 Å². The van der Waals surface area contributed by atoms with Crippen molar-refractivity contribution in [1.82, 2.24) is 10.6 Å². The number of hydrogen-bond acceptors (Lipinski definition) is 6. The summed E-state index contributed by atoms with van der Waals surface area (Å²) in [7, 11) is 0. The lowest BCUT2D eigenvalue weighted by atomic mass is 10.2. The average molecular weight is 337 g/mol. The van der Waals surface area contributed by atoms with E-state index < -0.39 is 11.2 Å². The molecule has 0 bridgehead atoms. The number of aliphatic carboxylic acids is 1. The molecule has 1 saturated heterocycles. The summed E-state index contributed by atoms with van der Waals surface area (Å²) in [5.74, 6) is -1.58. The highest BCUT2D eigenvalue weighted by Crippen LogP contribution is 2.25. The van der Waals surface area contributed by atoms with Crippen molar-refractivity contribution in [3.63, 3.8) is 0 Å². The highest BCUT2D eigenvalue weighted by atomic mass is 32.2. The first kappa shape index (κ1) is 16.8. The number of carbonyl (C=O) groups is 3. The Morgan fingerprint density at radius 2 is 2.00 bits per heavy atom. The first-order valence-corrected chi connectivity index (χ1v) is 7.66. The monoisotopic (exact) mass is 337 g/mol. The largest absolute Gasteiger partial charge is 0.508 e. The zero-order valence-electron chi connectivity index (χ0n) is 12.0. The summed E-state index contributed by atoms with van der Waals surface area (Å²) < 4.78 is 0. The first-order valence-electron chi connectivity index (χ1n) is 6.78. The smallest absolute Gasteiger partial charge is 0.305 e. The molecule has 1 atom stereocenters. The number of nitrogens with zero attached hydrogens (tertiary/aromatic N) is 1. The number of amides is 2. The molecule has 0 saturated carbocycles. The summed E-state index contributed by atoms with van der Waals surface area (Å²) in [6.45, 7) is 0.0294. The summed E-state index contributed by atoms with van der Waals surface area (Å²) in [6.07, 6.45) is -0.214. The van der Waals surface area contributed by atoms with Gasteiger partial charge in [0.05, 0.1) is 12.1 Å². The number of nitrogens with one attached hydrogen (secondary N) is 2. The van der Waals surface area contributed by atoms with Crippen molar-refractivity contribution in [2.45, 2.75) is 18.1 Å². The number of phenolic OH excluding ortho intramolecular Hbond substituents is 1. The van der Waals surface area contributed by atoms with E-state index in [0.29, 0.717) is 10.9 Å². The van der Waals surface area contributed by atoms with Gasteiger partial charge in [-0.3, -0.25) is 14.4 Å². The van der Waals surface area contributed by atoms with Crippen molar-refractivity contribution in [1.29, 1.82) is 0 Å². The van der Waals surface area contributed by atoms with Gasteiger partial charge in [-0.05, 0) is 24.3 Å². The molecule has 2 amide bonds. The Bertz CT molecular complexity index is 644. The van der Waals surface area contributed by atoms with E-state index in [4.69, 9.17) is 5.11 Å². The molecule has 1 aromatic rings. The van der Waals surface area contributed by atoms with Crippen molar-refractivity contribution in [3.05, 3.63) is 24.3 Å². The van der Waals surface area contributed by atoms with Gasteiger partial charge in [-0.2, -0.15) is 0 Å². The SMILES string of the molecule is O=C(O)CCNC(=O)C[C@H]1SC(=Nc2ccc(O)cc2)NC1=O. The molecule has 1 aromatic carbocycles. The Kier molecular flexibility index (Phi) is 5.58. The second-order valence-corrected chi connectivity index (χ2v) is 5.92. The summed E-state index contributed by atoms with van der Waals surface area (Å²) >= 11 is 1.14. The lowest BCUT2D eigenvalue weighted by Gasteiger charge is -2.05. The number of carbonyl (C=O) groups excluding carboxylic acids is 2. The predicted molar refractivity (Wildman–Crippen MR) is 84.6 cm³/mol. The fraction of sp³-hybridized carbons (Fsp3) is 0.286. The molecule has 23 heavy (non-hydrogen) atoms. The van der Waals surface area contributed by atoms with E-state index in [9.17, 15) is 19.5 Å². The van der Waals surface area contributed by atoms with Crippen molar-refractivity contribution in [2.75, 3.05) is 6.54 Å². The van der Waals surface area contributed by atoms with Gasteiger partial charge >= 0.3 is 5.97 Å². The Morgan fingerprint density at radius 3 is 2.65 bits per heavy atom. The number of benzene rings is 1. The second-order valence-electron chi connectivity index (χ2n) is 4.73. The van der Waals surface area contributed by atoms with E-state index in [1.165, 1.54) is 12.1 Å². The topological polar surface area (TPSA) is 128 Å². The van der Waals surface area contributed by atoms with Gasteiger partial charge in [-0.15, -0.1) is 0 Å². The van der Waals surface area contributed by atoms with Gasteiger partial charge < -0.3 is 20.8 Å². The van der Waals surface area contributed by atoms with Crippen LogP contribution in [0.25, 0.3) is 0 Å². The van der Waals surface area contributed by atoms with Gasteiger partial charge in [0.2, 0.25) is 11.8 Å². The molecule has 4 N–H and O–H groups in total. The van der Waals surface area contributed by atoms with Crippen LogP contribution in [0.15, 0.2) is 29.3 Å². The van der Waals surface area contributed by atoms with E-state index in [1.807, 2.05) is 0 Å². The van der Waals surface area contributed by atoms with Crippen LogP contribution in [0.5, 0.6) is 5.75 Å². The third-order valence-electron chi connectivity index (χ3n) is 2.89. The van der Waals surface area contributed by atoms with Crippen LogP contribution in [-0.2, 0) is 14.4 Å². The summed E-state index contributed by atoms with van der Waals surface area (Å²) in [5.41, 5.74) is 0.567. The molecule has 0 aliphatic carbocycles. The molecule has 0 aromatic heterocycles. The molecule has 2 rings (SSSR count). The molecule has 122 valence electrons. The third kappa shape index (κ3) is 5.29. The fourth-order valence-electron chi connectivity index (χ4n) is 1.79. The van der Waals surface area contributed by atoms with Gasteiger partial charge in [0.25, 0.3) is 0 Å². The van der Waals surface area contributed by atoms with E-state index in [2.05, 4.69) is 15.6 Å². The number of hydrogen-bond donors (Lipinski definition) is 4. The number of aromatic hydroxyl groups is 1. The molecule has 0 radical (unpaired) electrons. The van der Waals surface area contributed by atoms with Crippen LogP contribution in [0.4, 0.5) is 5.69 Å².